The first-order chi connectivity index (χ1) is 13.7. The van der Waals surface area contributed by atoms with Crippen LogP contribution in [0.4, 0.5) is 0 Å². The van der Waals surface area contributed by atoms with Crippen LogP contribution in [0.1, 0.15) is 34.9 Å². The molecule has 0 aliphatic rings. The van der Waals surface area contributed by atoms with Crippen LogP contribution in [-0.2, 0) is 6.54 Å². The Morgan fingerprint density at radius 2 is 1.93 bits per heavy atom. The van der Waals surface area contributed by atoms with Crippen molar-refractivity contribution in [3.8, 4) is 5.75 Å². The summed E-state index contributed by atoms with van der Waals surface area (Å²) in [6.07, 6.45) is 1.48. The highest BCUT2D eigenvalue weighted by Gasteiger charge is 2.20. The van der Waals surface area contributed by atoms with Gasteiger partial charge in [0.1, 0.15) is 11.6 Å². The number of furan rings is 1. The van der Waals surface area contributed by atoms with Gasteiger partial charge in [0.25, 0.3) is 5.91 Å². The summed E-state index contributed by atoms with van der Waals surface area (Å²) >= 11 is 0. The molecule has 1 amide bonds. The zero-order valence-electron chi connectivity index (χ0n) is 15.8. The van der Waals surface area contributed by atoms with Crippen molar-refractivity contribution >= 4 is 16.9 Å². The summed E-state index contributed by atoms with van der Waals surface area (Å²) in [6.45, 7) is 2.50. The molecule has 4 rings (SSSR count). The van der Waals surface area contributed by atoms with Crippen LogP contribution in [0, 0.1) is 0 Å². The number of ether oxygens (including phenoxy) is 1. The normalized spacial score (nSPS) is 12.1. The van der Waals surface area contributed by atoms with Crippen molar-refractivity contribution in [3.63, 3.8) is 0 Å². The van der Waals surface area contributed by atoms with Crippen molar-refractivity contribution in [3.05, 3.63) is 84.1 Å². The summed E-state index contributed by atoms with van der Waals surface area (Å²) in [6, 6.07) is 18.9. The fourth-order valence-corrected chi connectivity index (χ4v) is 3.33. The number of imidazole rings is 1. The molecule has 2 aromatic heterocycles. The number of rotatable bonds is 6. The number of hydrogen-bond acceptors (Lipinski definition) is 4. The maximum absolute atomic E-state index is 12.4. The molecule has 6 heteroatoms. The fourth-order valence-electron chi connectivity index (χ4n) is 3.33. The second-order valence-corrected chi connectivity index (χ2v) is 6.53. The average molecular weight is 375 g/mol. The lowest BCUT2D eigenvalue weighted by atomic mass is 10.2. The largest absolute Gasteiger partial charge is 0.496 e. The van der Waals surface area contributed by atoms with E-state index in [9.17, 15) is 4.79 Å². The molecule has 0 unspecified atom stereocenters. The Labute approximate surface area is 162 Å². The van der Waals surface area contributed by atoms with Crippen molar-refractivity contribution in [2.75, 3.05) is 7.11 Å². The molecule has 0 radical (unpaired) electrons. The third-order valence-corrected chi connectivity index (χ3v) is 4.68. The molecule has 0 fully saturated rings. The Morgan fingerprint density at radius 3 is 2.71 bits per heavy atom. The quantitative estimate of drug-likeness (QED) is 0.549. The lowest BCUT2D eigenvalue weighted by Gasteiger charge is -2.17. The van der Waals surface area contributed by atoms with Gasteiger partial charge in [-0.3, -0.25) is 4.79 Å². The van der Waals surface area contributed by atoms with Gasteiger partial charge in [0.15, 0.2) is 5.76 Å². The van der Waals surface area contributed by atoms with E-state index in [4.69, 9.17) is 14.1 Å². The van der Waals surface area contributed by atoms with Gasteiger partial charge in [-0.05, 0) is 37.3 Å². The van der Waals surface area contributed by atoms with E-state index >= 15 is 0 Å². The minimum Gasteiger partial charge on any atom is -0.496 e. The molecule has 1 N–H and O–H groups in total. The lowest BCUT2D eigenvalue weighted by Crippen LogP contribution is -2.28. The smallest absolute Gasteiger partial charge is 0.287 e. The molecule has 142 valence electrons. The van der Waals surface area contributed by atoms with Crippen LogP contribution < -0.4 is 10.1 Å². The minimum atomic E-state index is -0.306. The van der Waals surface area contributed by atoms with Crippen molar-refractivity contribution in [2.24, 2.45) is 0 Å². The summed E-state index contributed by atoms with van der Waals surface area (Å²) in [5.74, 6) is 1.60. The average Bonchev–Trinajstić information content (AvgIpc) is 3.37. The van der Waals surface area contributed by atoms with E-state index < -0.39 is 0 Å². The monoisotopic (exact) mass is 375 g/mol. The highest BCUT2D eigenvalue weighted by molar-refractivity contribution is 5.91. The van der Waals surface area contributed by atoms with Crippen molar-refractivity contribution in [2.45, 2.75) is 19.5 Å². The molecule has 2 aromatic carbocycles. The first kappa shape index (κ1) is 17.9. The number of amides is 1. The molecule has 0 spiro atoms. The minimum absolute atomic E-state index is 0.270. The predicted molar refractivity (Wildman–Crippen MR) is 106 cm³/mol. The first-order valence-corrected chi connectivity index (χ1v) is 9.09. The number of fused-ring (bicyclic) bond motifs is 1. The van der Waals surface area contributed by atoms with Crippen molar-refractivity contribution < 1.29 is 13.9 Å². The lowest BCUT2D eigenvalue weighted by molar-refractivity contribution is 0.0909. The van der Waals surface area contributed by atoms with Gasteiger partial charge in [-0.1, -0.05) is 30.3 Å². The number of hydrogen-bond donors (Lipinski definition) is 1. The third-order valence-electron chi connectivity index (χ3n) is 4.68. The van der Waals surface area contributed by atoms with Gasteiger partial charge >= 0.3 is 0 Å². The van der Waals surface area contributed by atoms with Crippen LogP contribution in [0.25, 0.3) is 11.0 Å². The van der Waals surface area contributed by atoms with Gasteiger partial charge in [0.05, 0.1) is 37.0 Å². The number of carbonyl (C=O) groups excluding carboxylic acids is 1. The van der Waals surface area contributed by atoms with E-state index in [1.54, 1.807) is 19.2 Å². The van der Waals surface area contributed by atoms with Gasteiger partial charge in [-0.25, -0.2) is 4.98 Å². The van der Waals surface area contributed by atoms with E-state index in [-0.39, 0.29) is 17.7 Å². The number of nitrogens with zero attached hydrogens (tertiary/aromatic N) is 2. The molecular formula is C22H21N3O3. The van der Waals surface area contributed by atoms with Gasteiger partial charge in [-0.15, -0.1) is 0 Å². The van der Waals surface area contributed by atoms with Gasteiger partial charge in [-0.2, -0.15) is 0 Å². The van der Waals surface area contributed by atoms with Crippen LogP contribution in [-0.4, -0.2) is 22.6 Å². The molecule has 1 atom stereocenters. The number of nitrogens with one attached hydrogen (secondary N) is 1. The summed E-state index contributed by atoms with van der Waals surface area (Å²) in [5, 5.41) is 2.97. The summed E-state index contributed by atoms with van der Waals surface area (Å²) in [5.41, 5.74) is 2.92. The molecule has 28 heavy (non-hydrogen) atoms. The van der Waals surface area contributed by atoms with Gasteiger partial charge in [0.2, 0.25) is 0 Å². The van der Waals surface area contributed by atoms with Crippen LogP contribution in [0.15, 0.2) is 71.3 Å². The summed E-state index contributed by atoms with van der Waals surface area (Å²) in [4.78, 5) is 17.2. The standard InChI is InChI=1S/C22H21N3O3/c1-15(23-22(26)20-12-7-13-28-20)21-24-17-9-4-5-10-18(17)25(21)14-16-8-3-6-11-19(16)27-2/h3-13,15H,14H2,1-2H3,(H,23,26)/t15-/m1/s1. The molecule has 6 nitrogen and oxygen atoms in total. The molecule has 0 aliphatic heterocycles. The maximum atomic E-state index is 12.4. The Morgan fingerprint density at radius 1 is 1.14 bits per heavy atom. The zero-order chi connectivity index (χ0) is 19.5. The van der Waals surface area contributed by atoms with E-state index in [1.165, 1.54) is 6.26 Å². The van der Waals surface area contributed by atoms with Crippen molar-refractivity contribution in [1.29, 1.82) is 0 Å². The molecule has 0 saturated carbocycles. The Kier molecular flexibility index (Phi) is 4.85. The Hall–Kier alpha value is -3.54. The second kappa shape index (κ2) is 7.60. The van der Waals surface area contributed by atoms with Crippen molar-refractivity contribution in [1.82, 2.24) is 14.9 Å². The first-order valence-electron chi connectivity index (χ1n) is 9.09. The van der Waals surface area contributed by atoms with Crippen LogP contribution in [0.2, 0.25) is 0 Å². The van der Waals surface area contributed by atoms with Gasteiger partial charge < -0.3 is 19.0 Å². The van der Waals surface area contributed by atoms with Crippen LogP contribution in [0.5, 0.6) is 5.75 Å². The predicted octanol–water partition coefficient (Wildman–Crippen LogP) is 4.18. The maximum Gasteiger partial charge on any atom is 0.287 e. The van der Waals surface area contributed by atoms with E-state index in [2.05, 4.69) is 9.88 Å². The number of benzene rings is 2. The Bertz CT molecular complexity index is 1100. The zero-order valence-corrected chi connectivity index (χ0v) is 15.8. The van der Waals surface area contributed by atoms with E-state index in [0.717, 1.165) is 28.2 Å². The molecule has 2 heterocycles. The SMILES string of the molecule is COc1ccccc1Cn1c([C@@H](C)NC(=O)c2ccco2)nc2ccccc21. The summed E-state index contributed by atoms with van der Waals surface area (Å²) < 4.78 is 12.8. The number of carbonyl (C=O) groups is 1. The number of methoxy groups -OCH3 is 1. The van der Waals surface area contributed by atoms with Gasteiger partial charge in [0, 0.05) is 5.56 Å². The van der Waals surface area contributed by atoms with E-state index in [1.807, 2.05) is 55.5 Å². The molecule has 4 aromatic rings. The molecule has 0 bridgehead atoms. The van der Waals surface area contributed by atoms with Crippen LogP contribution >= 0.6 is 0 Å². The third kappa shape index (κ3) is 3.36. The molecule has 0 saturated heterocycles. The van der Waals surface area contributed by atoms with Crippen LogP contribution in [0.3, 0.4) is 0 Å². The fraction of sp³-hybridized carbons (Fsp3) is 0.182. The summed E-state index contributed by atoms with van der Waals surface area (Å²) in [7, 11) is 1.66. The second-order valence-electron chi connectivity index (χ2n) is 6.53. The number of aromatic nitrogens is 2. The highest BCUT2D eigenvalue weighted by atomic mass is 16.5. The molecular weight excluding hydrogens is 354 g/mol. The Balaban J connectivity index is 1.71. The topological polar surface area (TPSA) is 69.3 Å². The highest BCUT2D eigenvalue weighted by Crippen LogP contribution is 2.25. The van der Waals surface area contributed by atoms with E-state index in [0.29, 0.717) is 6.54 Å². The number of para-hydroxylation sites is 3. The molecule has 0 aliphatic carbocycles.